The van der Waals surface area contributed by atoms with Crippen molar-refractivity contribution in [2.75, 3.05) is 18.9 Å². The molecular weight excluding hydrogens is 326 g/mol. The topological polar surface area (TPSA) is 71.0 Å². The largest absolute Gasteiger partial charge is 0.367 e. The number of anilines is 1. The summed E-state index contributed by atoms with van der Waals surface area (Å²) < 4.78 is 0. The van der Waals surface area contributed by atoms with Gasteiger partial charge in [-0.15, -0.1) is 0 Å². The molecule has 2 aromatic heterocycles. The van der Waals surface area contributed by atoms with Crippen molar-refractivity contribution in [2.24, 2.45) is 0 Å². The fraction of sp³-hybridized carbons (Fsp3) is 0.500. The summed E-state index contributed by atoms with van der Waals surface area (Å²) in [5.74, 6) is 0.670. The molecule has 1 saturated carbocycles. The molecule has 0 saturated heterocycles. The van der Waals surface area contributed by atoms with Crippen molar-refractivity contribution in [3.8, 4) is 0 Å². The molecule has 138 valence electrons. The minimum Gasteiger partial charge on any atom is -0.367 e. The lowest BCUT2D eigenvalue weighted by molar-refractivity contribution is 0.0790. The minimum absolute atomic E-state index is 0.0784. The number of rotatable bonds is 6. The van der Waals surface area contributed by atoms with Gasteiger partial charge in [0.05, 0.1) is 0 Å². The second-order valence-corrected chi connectivity index (χ2v) is 6.95. The second kappa shape index (κ2) is 9.27. The number of aromatic nitrogens is 3. The van der Waals surface area contributed by atoms with Gasteiger partial charge in [-0.2, -0.15) is 0 Å². The molecule has 6 heteroatoms. The molecule has 0 atom stereocenters. The maximum absolute atomic E-state index is 12.7. The van der Waals surface area contributed by atoms with Gasteiger partial charge in [0.1, 0.15) is 17.8 Å². The molecule has 0 aliphatic heterocycles. The molecule has 6 nitrogen and oxygen atoms in total. The first-order chi connectivity index (χ1) is 12.7. The zero-order valence-electron chi connectivity index (χ0n) is 15.4. The van der Waals surface area contributed by atoms with E-state index in [1.807, 2.05) is 19.2 Å². The van der Waals surface area contributed by atoms with Gasteiger partial charge in [0.15, 0.2) is 0 Å². The molecule has 0 aromatic carbocycles. The van der Waals surface area contributed by atoms with Crippen molar-refractivity contribution in [3.05, 3.63) is 48.2 Å². The van der Waals surface area contributed by atoms with Gasteiger partial charge in [-0.1, -0.05) is 25.7 Å². The Morgan fingerprint density at radius 3 is 2.62 bits per heavy atom. The van der Waals surface area contributed by atoms with E-state index in [1.54, 1.807) is 23.4 Å². The third-order valence-corrected chi connectivity index (χ3v) is 4.93. The molecule has 0 spiro atoms. The molecule has 0 unspecified atom stereocenters. The molecular formula is C20H27N5O. The van der Waals surface area contributed by atoms with Gasteiger partial charge in [0.25, 0.3) is 5.91 Å². The fourth-order valence-corrected chi connectivity index (χ4v) is 3.33. The first kappa shape index (κ1) is 18.3. The number of pyridine rings is 1. The van der Waals surface area contributed by atoms with Crippen LogP contribution in [0.1, 0.15) is 54.6 Å². The number of carbonyl (C=O) groups excluding carboxylic acids is 1. The van der Waals surface area contributed by atoms with Gasteiger partial charge in [0.2, 0.25) is 0 Å². The number of amides is 1. The van der Waals surface area contributed by atoms with Crippen LogP contribution in [0.3, 0.4) is 0 Å². The Morgan fingerprint density at radius 1 is 1.15 bits per heavy atom. The van der Waals surface area contributed by atoms with Gasteiger partial charge in [0, 0.05) is 38.1 Å². The Morgan fingerprint density at radius 2 is 1.88 bits per heavy atom. The van der Waals surface area contributed by atoms with Crippen molar-refractivity contribution in [3.63, 3.8) is 0 Å². The lowest BCUT2D eigenvalue weighted by Gasteiger charge is -2.19. The number of nitrogens with one attached hydrogen (secondary N) is 1. The normalized spacial score (nSPS) is 15.3. The van der Waals surface area contributed by atoms with Crippen molar-refractivity contribution in [1.82, 2.24) is 19.9 Å². The van der Waals surface area contributed by atoms with E-state index < -0.39 is 0 Å². The lowest BCUT2D eigenvalue weighted by Crippen LogP contribution is -2.30. The van der Waals surface area contributed by atoms with Gasteiger partial charge in [-0.05, 0) is 37.0 Å². The Labute approximate surface area is 155 Å². The fourth-order valence-electron chi connectivity index (χ4n) is 3.33. The molecule has 2 heterocycles. The van der Waals surface area contributed by atoms with Crippen LogP contribution in [0.15, 0.2) is 36.9 Å². The summed E-state index contributed by atoms with van der Waals surface area (Å²) in [4.78, 5) is 26.9. The molecule has 1 N–H and O–H groups in total. The molecule has 1 aliphatic rings. The number of carbonyl (C=O) groups is 1. The zero-order valence-corrected chi connectivity index (χ0v) is 15.4. The predicted molar refractivity (Wildman–Crippen MR) is 102 cm³/mol. The average Bonchev–Trinajstić information content (AvgIpc) is 2.95. The summed E-state index contributed by atoms with van der Waals surface area (Å²) >= 11 is 0. The first-order valence-electron chi connectivity index (χ1n) is 9.45. The van der Waals surface area contributed by atoms with Crippen molar-refractivity contribution < 1.29 is 4.79 Å². The molecule has 0 radical (unpaired) electrons. The monoisotopic (exact) mass is 353 g/mol. The summed E-state index contributed by atoms with van der Waals surface area (Å²) in [6.07, 6.45) is 13.3. The highest BCUT2D eigenvalue weighted by Gasteiger charge is 2.16. The molecule has 1 aliphatic carbocycles. The standard InChI is InChI=1S/C20H27N5O/c1-25(13-10-16-8-11-21-12-9-16)20(26)18-14-19(23-15-22-18)24-17-6-4-2-3-5-7-17/h8-9,11-12,14-15,17H,2-7,10,13H2,1H3,(H,22,23,24). The van der Waals surface area contributed by atoms with E-state index in [0.717, 1.165) is 17.8 Å². The van der Waals surface area contributed by atoms with Crippen molar-refractivity contribution in [1.29, 1.82) is 0 Å². The highest BCUT2D eigenvalue weighted by Crippen LogP contribution is 2.20. The van der Waals surface area contributed by atoms with Crippen LogP contribution < -0.4 is 5.32 Å². The summed E-state index contributed by atoms with van der Waals surface area (Å²) in [7, 11) is 1.81. The number of hydrogen-bond donors (Lipinski definition) is 1. The highest BCUT2D eigenvalue weighted by molar-refractivity contribution is 5.92. The zero-order chi connectivity index (χ0) is 18.2. The van der Waals surface area contributed by atoms with Crippen LogP contribution in [0.4, 0.5) is 5.82 Å². The molecule has 1 fully saturated rings. The van der Waals surface area contributed by atoms with E-state index in [2.05, 4.69) is 20.3 Å². The Bertz CT molecular complexity index is 698. The molecule has 26 heavy (non-hydrogen) atoms. The van der Waals surface area contributed by atoms with Crippen LogP contribution >= 0.6 is 0 Å². The lowest BCUT2D eigenvalue weighted by atomic mass is 10.1. The third kappa shape index (κ3) is 5.25. The van der Waals surface area contributed by atoms with Crippen molar-refractivity contribution in [2.45, 2.75) is 51.0 Å². The quantitative estimate of drug-likeness (QED) is 0.807. The van der Waals surface area contributed by atoms with Gasteiger partial charge in [-0.3, -0.25) is 9.78 Å². The summed E-state index contributed by atoms with van der Waals surface area (Å²) in [5, 5.41) is 3.48. The van der Waals surface area contributed by atoms with Crippen LogP contribution in [-0.2, 0) is 6.42 Å². The summed E-state index contributed by atoms with van der Waals surface area (Å²) in [6, 6.07) is 6.16. The van der Waals surface area contributed by atoms with Crippen LogP contribution in [0, 0.1) is 0 Å². The maximum atomic E-state index is 12.7. The third-order valence-electron chi connectivity index (χ3n) is 4.93. The Kier molecular flexibility index (Phi) is 6.52. The van der Waals surface area contributed by atoms with Gasteiger partial charge in [-0.25, -0.2) is 9.97 Å². The molecule has 1 amide bonds. The number of likely N-dealkylation sites (N-methyl/N-ethyl adjacent to an activating group) is 1. The van der Waals surface area contributed by atoms with E-state index in [1.165, 1.54) is 44.9 Å². The molecule has 3 rings (SSSR count). The Hall–Kier alpha value is -2.50. The van der Waals surface area contributed by atoms with Crippen LogP contribution in [0.2, 0.25) is 0 Å². The van der Waals surface area contributed by atoms with Crippen LogP contribution in [0.5, 0.6) is 0 Å². The van der Waals surface area contributed by atoms with Crippen molar-refractivity contribution >= 4 is 11.7 Å². The summed E-state index contributed by atoms with van der Waals surface area (Å²) in [6.45, 7) is 0.637. The summed E-state index contributed by atoms with van der Waals surface area (Å²) in [5.41, 5.74) is 1.60. The maximum Gasteiger partial charge on any atom is 0.272 e. The van der Waals surface area contributed by atoms with E-state index in [-0.39, 0.29) is 5.91 Å². The van der Waals surface area contributed by atoms with Gasteiger partial charge >= 0.3 is 0 Å². The van der Waals surface area contributed by atoms with Gasteiger partial charge < -0.3 is 10.2 Å². The molecule has 0 bridgehead atoms. The highest BCUT2D eigenvalue weighted by atomic mass is 16.2. The van der Waals surface area contributed by atoms with E-state index in [9.17, 15) is 4.79 Å². The van der Waals surface area contributed by atoms with E-state index in [4.69, 9.17) is 0 Å². The number of nitrogens with zero attached hydrogens (tertiary/aromatic N) is 4. The predicted octanol–water partition coefficient (Wildman–Crippen LogP) is 3.32. The minimum atomic E-state index is -0.0784. The number of hydrogen-bond acceptors (Lipinski definition) is 5. The Balaban J connectivity index is 1.58. The second-order valence-electron chi connectivity index (χ2n) is 6.95. The SMILES string of the molecule is CN(CCc1ccncc1)C(=O)c1cc(NC2CCCCCC2)ncn1. The van der Waals surface area contributed by atoms with E-state index in [0.29, 0.717) is 18.3 Å². The van der Waals surface area contributed by atoms with Crippen LogP contribution in [0.25, 0.3) is 0 Å². The first-order valence-corrected chi connectivity index (χ1v) is 9.45. The molecule has 2 aromatic rings. The average molecular weight is 353 g/mol. The van der Waals surface area contributed by atoms with Crippen LogP contribution in [-0.4, -0.2) is 45.4 Å². The van der Waals surface area contributed by atoms with E-state index >= 15 is 0 Å². The smallest absolute Gasteiger partial charge is 0.272 e.